The molecular formula is C17H28N2S. The monoisotopic (exact) mass is 292 g/mol. The second-order valence-electron chi connectivity index (χ2n) is 7.94. The SMILES string of the molecule is CC(C)(C)C1CNC(C)(C2CC2)CN1Cc1cccs1. The predicted molar refractivity (Wildman–Crippen MR) is 87.1 cm³/mol. The highest BCUT2D eigenvalue weighted by molar-refractivity contribution is 7.09. The lowest BCUT2D eigenvalue weighted by Gasteiger charge is -2.51. The molecule has 0 spiro atoms. The Morgan fingerprint density at radius 3 is 2.70 bits per heavy atom. The third-order valence-electron chi connectivity index (χ3n) is 5.09. The lowest BCUT2D eigenvalue weighted by Crippen LogP contribution is -2.66. The standard InChI is InChI=1S/C17H28N2S/c1-16(2,3)15-10-18-17(4,13-7-8-13)12-19(15)11-14-6-5-9-20-14/h5-6,9,13,15,18H,7-8,10-12H2,1-4H3. The molecule has 0 amide bonds. The molecule has 1 saturated heterocycles. The van der Waals surface area contributed by atoms with E-state index in [0.717, 1.165) is 19.0 Å². The molecule has 0 aromatic carbocycles. The summed E-state index contributed by atoms with van der Waals surface area (Å²) in [5.74, 6) is 0.897. The second kappa shape index (κ2) is 5.11. The molecule has 1 saturated carbocycles. The average Bonchev–Trinajstić information content (AvgIpc) is 3.09. The third kappa shape index (κ3) is 2.95. The van der Waals surface area contributed by atoms with E-state index in [-0.39, 0.29) is 0 Å². The van der Waals surface area contributed by atoms with E-state index in [2.05, 4.69) is 55.4 Å². The summed E-state index contributed by atoms with van der Waals surface area (Å²) >= 11 is 1.89. The van der Waals surface area contributed by atoms with Crippen LogP contribution < -0.4 is 5.32 Å². The zero-order valence-corrected chi connectivity index (χ0v) is 14.1. The highest BCUT2D eigenvalue weighted by Gasteiger charge is 2.47. The Kier molecular flexibility index (Phi) is 3.72. The van der Waals surface area contributed by atoms with Crippen LogP contribution in [0.25, 0.3) is 0 Å². The second-order valence-corrected chi connectivity index (χ2v) is 8.97. The first kappa shape index (κ1) is 14.6. The fourth-order valence-corrected chi connectivity index (χ4v) is 4.39. The predicted octanol–water partition coefficient (Wildman–Crippen LogP) is 3.74. The minimum Gasteiger partial charge on any atom is -0.308 e. The first-order valence-corrected chi connectivity index (χ1v) is 8.78. The van der Waals surface area contributed by atoms with Gasteiger partial charge in [-0.1, -0.05) is 26.8 Å². The van der Waals surface area contributed by atoms with Crippen molar-refractivity contribution in [3.05, 3.63) is 22.4 Å². The maximum Gasteiger partial charge on any atom is 0.0332 e. The molecule has 1 aliphatic carbocycles. The number of nitrogens with one attached hydrogen (secondary N) is 1. The van der Waals surface area contributed by atoms with Crippen LogP contribution in [0.2, 0.25) is 0 Å². The quantitative estimate of drug-likeness (QED) is 0.913. The highest BCUT2D eigenvalue weighted by atomic mass is 32.1. The summed E-state index contributed by atoms with van der Waals surface area (Å²) in [6.07, 6.45) is 2.83. The van der Waals surface area contributed by atoms with Crippen molar-refractivity contribution < 1.29 is 0 Å². The Bertz CT molecular complexity index is 444. The van der Waals surface area contributed by atoms with E-state index < -0.39 is 0 Å². The topological polar surface area (TPSA) is 15.3 Å². The van der Waals surface area contributed by atoms with Crippen LogP contribution in [0, 0.1) is 11.3 Å². The minimum absolute atomic E-state index is 0.329. The van der Waals surface area contributed by atoms with Gasteiger partial charge in [-0.05, 0) is 42.5 Å². The number of nitrogens with zero attached hydrogens (tertiary/aromatic N) is 1. The van der Waals surface area contributed by atoms with Crippen LogP contribution in [0.3, 0.4) is 0 Å². The molecule has 20 heavy (non-hydrogen) atoms. The van der Waals surface area contributed by atoms with E-state index >= 15 is 0 Å². The zero-order chi connectivity index (χ0) is 14.4. The van der Waals surface area contributed by atoms with Gasteiger partial charge in [-0.3, -0.25) is 4.90 Å². The maximum atomic E-state index is 3.89. The molecular weight excluding hydrogens is 264 g/mol. The molecule has 2 aliphatic rings. The molecule has 2 nitrogen and oxygen atoms in total. The lowest BCUT2D eigenvalue weighted by atomic mass is 9.80. The molecule has 1 N–H and O–H groups in total. The molecule has 2 atom stereocenters. The zero-order valence-electron chi connectivity index (χ0n) is 13.3. The third-order valence-corrected chi connectivity index (χ3v) is 5.95. The lowest BCUT2D eigenvalue weighted by molar-refractivity contribution is 0.0152. The van der Waals surface area contributed by atoms with Gasteiger partial charge in [0.05, 0.1) is 0 Å². The van der Waals surface area contributed by atoms with Crippen LogP contribution in [0.15, 0.2) is 17.5 Å². The van der Waals surface area contributed by atoms with Crippen LogP contribution in [-0.2, 0) is 6.54 Å². The van der Waals surface area contributed by atoms with E-state index in [1.54, 1.807) is 0 Å². The van der Waals surface area contributed by atoms with Gasteiger partial charge in [-0.15, -0.1) is 11.3 Å². The van der Waals surface area contributed by atoms with Gasteiger partial charge in [0.2, 0.25) is 0 Å². The number of rotatable bonds is 3. The number of hydrogen-bond acceptors (Lipinski definition) is 3. The van der Waals surface area contributed by atoms with E-state index in [4.69, 9.17) is 0 Å². The van der Waals surface area contributed by atoms with Crippen molar-refractivity contribution in [2.45, 2.75) is 58.7 Å². The van der Waals surface area contributed by atoms with Gasteiger partial charge >= 0.3 is 0 Å². The van der Waals surface area contributed by atoms with Crippen molar-refractivity contribution in [3.63, 3.8) is 0 Å². The fraction of sp³-hybridized carbons (Fsp3) is 0.765. The summed E-state index contributed by atoms with van der Waals surface area (Å²) in [4.78, 5) is 4.24. The molecule has 1 aromatic heterocycles. The van der Waals surface area contributed by atoms with Crippen molar-refractivity contribution in [2.24, 2.45) is 11.3 Å². The van der Waals surface area contributed by atoms with Gasteiger partial charge in [0.25, 0.3) is 0 Å². The molecule has 112 valence electrons. The smallest absolute Gasteiger partial charge is 0.0332 e. The van der Waals surface area contributed by atoms with E-state index in [1.165, 1.54) is 24.3 Å². The fourth-order valence-electron chi connectivity index (χ4n) is 3.66. The highest BCUT2D eigenvalue weighted by Crippen LogP contribution is 2.43. The van der Waals surface area contributed by atoms with Gasteiger partial charge in [0, 0.05) is 36.1 Å². The van der Waals surface area contributed by atoms with Crippen molar-refractivity contribution in [3.8, 4) is 0 Å². The maximum absolute atomic E-state index is 3.89. The van der Waals surface area contributed by atoms with Crippen molar-refractivity contribution >= 4 is 11.3 Å². The Labute approximate surface area is 127 Å². The molecule has 2 fully saturated rings. The average molecular weight is 292 g/mol. The summed E-state index contributed by atoms with van der Waals surface area (Å²) < 4.78 is 0. The van der Waals surface area contributed by atoms with Gasteiger partial charge in [0.1, 0.15) is 0 Å². The number of thiophene rings is 1. The summed E-state index contributed by atoms with van der Waals surface area (Å²) in [5.41, 5.74) is 0.661. The van der Waals surface area contributed by atoms with Crippen LogP contribution in [0.1, 0.15) is 45.4 Å². The van der Waals surface area contributed by atoms with Crippen molar-refractivity contribution in [1.82, 2.24) is 10.2 Å². The molecule has 3 rings (SSSR count). The van der Waals surface area contributed by atoms with Crippen molar-refractivity contribution in [1.29, 1.82) is 0 Å². The van der Waals surface area contributed by atoms with Gasteiger partial charge in [-0.2, -0.15) is 0 Å². The Morgan fingerprint density at radius 1 is 1.40 bits per heavy atom. The largest absolute Gasteiger partial charge is 0.308 e. The molecule has 2 unspecified atom stereocenters. The van der Waals surface area contributed by atoms with Crippen LogP contribution in [0.5, 0.6) is 0 Å². The van der Waals surface area contributed by atoms with Gasteiger partial charge in [-0.25, -0.2) is 0 Å². The molecule has 0 bridgehead atoms. The van der Waals surface area contributed by atoms with Crippen LogP contribution in [0.4, 0.5) is 0 Å². The van der Waals surface area contributed by atoms with Crippen LogP contribution >= 0.6 is 11.3 Å². The van der Waals surface area contributed by atoms with Gasteiger partial charge < -0.3 is 5.32 Å². The van der Waals surface area contributed by atoms with Crippen LogP contribution in [-0.4, -0.2) is 29.6 Å². The molecule has 2 heterocycles. The molecule has 3 heteroatoms. The molecule has 1 aromatic rings. The van der Waals surface area contributed by atoms with E-state index in [1.807, 2.05) is 11.3 Å². The van der Waals surface area contributed by atoms with Crippen molar-refractivity contribution in [2.75, 3.05) is 13.1 Å². The summed E-state index contributed by atoms with van der Waals surface area (Å²) in [6.45, 7) is 13.0. The summed E-state index contributed by atoms with van der Waals surface area (Å²) in [6, 6.07) is 5.08. The summed E-state index contributed by atoms with van der Waals surface area (Å²) in [7, 11) is 0. The minimum atomic E-state index is 0.329. The Morgan fingerprint density at radius 2 is 2.15 bits per heavy atom. The molecule has 1 aliphatic heterocycles. The number of piperazine rings is 1. The van der Waals surface area contributed by atoms with E-state index in [0.29, 0.717) is 17.0 Å². The van der Waals surface area contributed by atoms with E-state index in [9.17, 15) is 0 Å². The number of hydrogen-bond donors (Lipinski definition) is 1. The first-order chi connectivity index (χ1) is 9.38. The Hall–Kier alpha value is -0.380. The summed E-state index contributed by atoms with van der Waals surface area (Å²) in [5, 5.41) is 6.08. The molecule has 0 radical (unpaired) electrons. The van der Waals surface area contributed by atoms with Gasteiger partial charge in [0.15, 0.2) is 0 Å². The normalized spacial score (nSPS) is 32.5. The first-order valence-electron chi connectivity index (χ1n) is 7.90. The Balaban J connectivity index is 1.78.